The largest absolute Gasteiger partial charge is 0.507 e. The number of fused-ring (bicyclic) bond motifs is 3. The van der Waals surface area contributed by atoms with E-state index < -0.39 is 64.4 Å². The molecule has 2 aromatic rings. The van der Waals surface area contributed by atoms with E-state index in [0.29, 0.717) is 24.0 Å². The molecule has 0 spiro atoms. The van der Waals surface area contributed by atoms with Crippen LogP contribution in [0, 0.1) is 23.7 Å². The van der Waals surface area contributed by atoms with Gasteiger partial charge in [-0.15, -0.1) is 0 Å². The number of nitrogens with two attached hydrogens (primary N) is 1. The number of ketones is 5. The maximum Gasteiger partial charge on any atom is 0.235 e. The summed E-state index contributed by atoms with van der Waals surface area (Å²) in [6, 6.07) is 9.27. The highest BCUT2D eigenvalue weighted by Crippen LogP contribution is 2.51. The Labute approximate surface area is 242 Å². The molecule has 0 saturated heterocycles. The predicted molar refractivity (Wildman–Crippen MR) is 150 cm³/mol. The minimum Gasteiger partial charge on any atom is -0.507 e. The smallest absolute Gasteiger partial charge is 0.235 e. The Morgan fingerprint density at radius 2 is 1.69 bits per heavy atom. The molecule has 10 nitrogen and oxygen atoms in total. The third-order valence-corrected chi connectivity index (χ3v) is 9.14. The maximum atomic E-state index is 13.9. The van der Waals surface area contributed by atoms with Gasteiger partial charge in [-0.3, -0.25) is 33.7 Å². The number of aromatic hydroxyl groups is 1. The van der Waals surface area contributed by atoms with E-state index in [1.54, 1.807) is 20.2 Å². The number of nitrogens with zero attached hydrogens (tertiary/aromatic N) is 1. The van der Waals surface area contributed by atoms with Crippen molar-refractivity contribution in [1.82, 2.24) is 4.90 Å². The highest BCUT2D eigenvalue weighted by Gasteiger charge is 2.69. The first kappa shape index (κ1) is 29.5. The fourth-order valence-corrected chi connectivity index (χ4v) is 7.27. The van der Waals surface area contributed by atoms with Gasteiger partial charge in [0.1, 0.15) is 11.5 Å². The van der Waals surface area contributed by atoms with Gasteiger partial charge in [-0.25, -0.2) is 0 Å². The van der Waals surface area contributed by atoms with Gasteiger partial charge in [0.25, 0.3) is 0 Å². The standard InChI is InChI=1S/C32H34N2O8/c1-4-5-18(35)12-15-6-8-16(9-7-15)19-10-11-22(36)24-20(19)13-17-14-21-26(34(2)3)28(38)25(31(33)41)30(40)32(21,42)29(39)23(17)27(24)37/h6-11,17,21,23,25-26,36,42H,4-5,12-14H2,1-3H3,(H2,33,41)/t17-,21-,23?,25?,26-,32-/m0/s1. The Bertz CT molecular complexity index is 1530. The Balaban J connectivity index is 1.56. The van der Waals surface area contributed by atoms with Gasteiger partial charge in [-0.05, 0) is 67.6 Å². The fraction of sp³-hybridized carbons (Fsp3) is 0.438. The highest BCUT2D eigenvalue weighted by molar-refractivity contribution is 6.32. The van der Waals surface area contributed by atoms with E-state index in [4.69, 9.17) is 5.73 Å². The number of carbonyl (C=O) groups excluding carboxylic acids is 6. The Kier molecular flexibility index (Phi) is 7.49. The third-order valence-electron chi connectivity index (χ3n) is 9.14. The van der Waals surface area contributed by atoms with Crippen molar-refractivity contribution in [3.8, 4) is 16.9 Å². The lowest BCUT2D eigenvalue weighted by molar-refractivity contribution is -0.181. The van der Waals surface area contributed by atoms with Crippen molar-refractivity contribution < 1.29 is 39.0 Å². The molecular weight excluding hydrogens is 540 g/mol. The highest BCUT2D eigenvalue weighted by atomic mass is 16.3. The second-order valence-corrected chi connectivity index (χ2v) is 11.9. The maximum absolute atomic E-state index is 13.9. The average molecular weight is 575 g/mol. The molecule has 42 heavy (non-hydrogen) atoms. The average Bonchev–Trinajstić information content (AvgIpc) is 2.91. The van der Waals surface area contributed by atoms with E-state index in [2.05, 4.69) is 0 Å². The molecule has 2 unspecified atom stereocenters. The molecule has 0 heterocycles. The molecule has 0 aliphatic heterocycles. The number of benzene rings is 2. The molecule has 0 radical (unpaired) electrons. The van der Waals surface area contributed by atoms with Gasteiger partial charge < -0.3 is 15.9 Å². The van der Waals surface area contributed by atoms with Crippen LogP contribution in [0.15, 0.2) is 36.4 Å². The van der Waals surface area contributed by atoms with Gasteiger partial charge >= 0.3 is 0 Å². The number of Topliss-reactive ketones (excluding diaryl/α,β-unsaturated/α-hetero) is 5. The van der Waals surface area contributed by atoms with E-state index in [1.807, 2.05) is 31.2 Å². The molecule has 10 heteroatoms. The lowest BCUT2D eigenvalue weighted by Crippen LogP contribution is -2.74. The third kappa shape index (κ3) is 4.40. The SMILES string of the molecule is CCCC(=O)Cc1ccc(-c2ccc(O)c3c2C[C@H]2C[C@H]4[C@H](N(C)C)C(=O)C(C(N)=O)C(=O)[C@@]4(O)C(=O)C2C3=O)cc1. The van der Waals surface area contributed by atoms with Gasteiger partial charge in [0.15, 0.2) is 34.7 Å². The monoisotopic (exact) mass is 574 g/mol. The minimum atomic E-state index is -2.75. The topological polar surface area (TPSA) is 172 Å². The number of carbonyl (C=O) groups is 6. The van der Waals surface area contributed by atoms with Crippen LogP contribution >= 0.6 is 0 Å². The van der Waals surface area contributed by atoms with Crippen molar-refractivity contribution >= 4 is 34.8 Å². The van der Waals surface area contributed by atoms with Crippen LogP contribution in [0.25, 0.3) is 11.1 Å². The zero-order chi connectivity index (χ0) is 30.7. The number of likely N-dealkylation sites (N-methyl/N-ethyl adjacent to an activating group) is 1. The summed E-state index contributed by atoms with van der Waals surface area (Å²) in [7, 11) is 3.09. The number of primary amides is 1. The van der Waals surface area contributed by atoms with Crippen LogP contribution in [-0.2, 0) is 36.8 Å². The number of rotatable bonds is 7. The van der Waals surface area contributed by atoms with Crippen LogP contribution in [0.3, 0.4) is 0 Å². The van der Waals surface area contributed by atoms with E-state index in [1.165, 1.54) is 11.0 Å². The number of phenolic OH excluding ortho intramolecular Hbond substituents is 1. The van der Waals surface area contributed by atoms with Crippen molar-refractivity contribution in [2.24, 2.45) is 29.4 Å². The van der Waals surface area contributed by atoms with Crippen molar-refractivity contribution in [2.45, 2.75) is 50.7 Å². The Morgan fingerprint density at radius 3 is 2.29 bits per heavy atom. The predicted octanol–water partition coefficient (Wildman–Crippen LogP) is 1.45. The number of phenols is 1. The number of amides is 1. The van der Waals surface area contributed by atoms with Crippen LogP contribution in [0.4, 0.5) is 0 Å². The van der Waals surface area contributed by atoms with Crippen LogP contribution in [0.1, 0.15) is 47.7 Å². The summed E-state index contributed by atoms with van der Waals surface area (Å²) in [5.74, 6) is -10.6. The quantitative estimate of drug-likeness (QED) is 0.414. The number of hydrogen-bond donors (Lipinski definition) is 3. The lowest BCUT2D eigenvalue weighted by atomic mass is 9.52. The van der Waals surface area contributed by atoms with Crippen LogP contribution in [0.2, 0.25) is 0 Å². The Morgan fingerprint density at radius 1 is 1.02 bits per heavy atom. The molecule has 3 aliphatic carbocycles. The first-order valence-corrected chi connectivity index (χ1v) is 14.1. The summed E-state index contributed by atoms with van der Waals surface area (Å²) in [4.78, 5) is 80.2. The van der Waals surface area contributed by atoms with Gasteiger partial charge in [0.2, 0.25) is 5.91 Å². The molecule has 0 aromatic heterocycles. The molecule has 4 N–H and O–H groups in total. The van der Waals surface area contributed by atoms with E-state index in [-0.39, 0.29) is 29.9 Å². The molecule has 2 fully saturated rings. The van der Waals surface area contributed by atoms with Gasteiger partial charge in [-0.2, -0.15) is 0 Å². The zero-order valence-electron chi connectivity index (χ0n) is 23.8. The van der Waals surface area contributed by atoms with Crippen LogP contribution in [0.5, 0.6) is 5.75 Å². The molecular formula is C32H34N2O8. The van der Waals surface area contributed by atoms with Gasteiger partial charge in [0, 0.05) is 18.8 Å². The van der Waals surface area contributed by atoms with Gasteiger partial charge in [-0.1, -0.05) is 37.3 Å². The normalized spacial score (nSPS) is 28.7. The summed E-state index contributed by atoms with van der Waals surface area (Å²) in [5, 5.41) is 22.5. The van der Waals surface area contributed by atoms with E-state index in [9.17, 15) is 39.0 Å². The molecule has 0 bridgehead atoms. The molecule has 3 aliphatic rings. The zero-order valence-corrected chi connectivity index (χ0v) is 23.8. The summed E-state index contributed by atoms with van der Waals surface area (Å²) in [6.07, 6.45) is 1.75. The van der Waals surface area contributed by atoms with E-state index >= 15 is 0 Å². The van der Waals surface area contributed by atoms with Crippen molar-refractivity contribution in [2.75, 3.05) is 14.1 Å². The summed E-state index contributed by atoms with van der Waals surface area (Å²) < 4.78 is 0. The minimum absolute atomic E-state index is 0.0164. The van der Waals surface area contributed by atoms with Gasteiger partial charge in [0.05, 0.1) is 17.5 Å². The summed E-state index contributed by atoms with van der Waals surface area (Å²) in [6.45, 7) is 1.95. The Hall–Kier alpha value is -4.02. The van der Waals surface area contributed by atoms with Crippen LogP contribution < -0.4 is 5.73 Å². The van der Waals surface area contributed by atoms with Crippen molar-refractivity contribution in [3.63, 3.8) is 0 Å². The summed E-state index contributed by atoms with van der Waals surface area (Å²) in [5.41, 5.74) is 5.35. The molecule has 2 saturated carbocycles. The lowest BCUT2D eigenvalue weighted by Gasteiger charge is -2.52. The molecule has 6 atom stereocenters. The number of hydrogen-bond acceptors (Lipinski definition) is 9. The molecule has 1 amide bonds. The molecule has 220 valence electrons. The second-order valence-electron chi connectivity index (χ2n) is 11.9. The first-order valence-electron chi connectivity index (χ1n) is 14.1. The summed E-state index contributed by atoms with van der Waals surface area (Å²) >= 11 is 0. The van der Waals surface area contributed by atoms with Crippen molar-refractivity contribution in [3.05, 3.63) is 53.1 Å². The van der Waals surface area contributed by atoms with Crippen molar-refractivity contribution in [1.29, 1.82) is 0 Å². The number of aliphatic hydroxyl groups is 1. The fourth-order valence-electron chi connectivity index (χ4n) is 7.27. The molecule has 2 aromatic carbocycles. The molecule has 5 rings (SSSR count). The second kappa shape index (κ2) is 10.7. The van der Waals surface area contributed by atoms with E-state index in [0.717, 1.165) is 17.5 Å². The first-order chi connectivity index (χ1) is 19.8. The van der Waals surface area contributed by atoms with Crippen LogP contribution in [-0.4, -0.2) is 75.7 Å².